The number of aromatic nitrogens is 1. The van der Waals surface area contributed by atoms with Gasteiger partial charge in [0.05, 0.1) is 12.2 Å². The molecule has 0 saturated heterocycles. The minimum Gasteiger partial charge on any atom is -0.461 e. The highest BCUT2D eigenvalue weighted by Crippen LogP contribution is 2.30. The minimum atomic E-state index is -2.63. The summed E-state index contributed by atoms with van der Waals surface area (Å²) < 4.78 is 30.1. The molecule has 1 aromatic heterocycles. The highest BCUT2D eigenvalue weighted by atomic mass is 79.9. The molecule has 88 valence electrons. The molecule has 0 unspecified atom stereocenters. The number of hydrogen-bond donors (Lipinski definition) is 0. The van der Waals surface area contributed by atoms with Crippen LogP contribution in [0.1, 0.15) is 35.1 Å². The molecule has 0 amide bonds. The van der Waals surface area contributed by atoms with Crippen molar-refractivity contribution in [3.63, 3.8) is 0 Å². The Balaban J connectivity index is 3.14. The van der Waals surface area contributed by atoms with E-state index in [1.54, 1.807) is 6.92 Å². The van der Waals surface area contributed by atoms with Crippen molar-refractivity contribution in [1.29, 1.82) is 0 Å². The molecule has 1 aromatic rings. The zero-order valence-corrected chi connectivity index (χ0v) is 10.3. The third-order valence-corrected chi connectivity index (χ3v) is 2.56. The molecular formula is C10H10BrF2NO2. The average Bonchev–Trinajstić information content (AvgIpc) is 2.16. The number of carbonyl (C=O) groups is 1. The highest BCUT2D eigenvalue weighted by molar-refractivity contribution is 9.10. The Hall–Kier alpha value is -1.04. The van der Waals surface area contributed by atoms with Crippen molar-refractivity contribution in [2.75, 3.05) is 6.61 Å². The fraction of sp³-hybridized carbons (Fsp3) is 0.400. The van der Waals surface area contributed by atoms with Crippen LogP contribution in [0.4, 0.5) is 8.78 Å². The molecule has 1 rings (SSSR count). The maximum absolute atomic E-state index is 12.6. The third-order valence-electron chi connectivity index (χ3n) is 1.90. The van der Waals surface area contributed by atoms with Crippen molar-refractivity contribution in [1.82, 2.24) is 4.98 Å². The first-order valence-corrected chi connectivity index (χ1v) is 5.39. The molecule has 1 heterocycles. The summed E-state index contributed by atoms with van der Waals surface area (Å²) in [6, 6.07) is 1.24. The van der Waals surface area contributed by atoms with Gasteiger partial charge >= 0.3 is 5.97 Å². The van der Waals surface area contributed by atoms with E-state index in [1.165, 1.54) is 13.0 Å². The molecule has 0 bridgehead atoms. The second-order valence-corrected chi connectivity index (χ2v) is 3.86. The minimum absolute atomic E-state index is 0.0237. The van der Waals surface area contributed by atoms with Crippen molar-refractivity contribution >= 4 is 21.9 Å². The van der Waals surface area contributed by atoms with Gasteiger partial charge in [0.2, 0.25) is 0 Å². The lowest BCUT2D eigenvalue weighted by molar-refractivity contribution is 0.0518. The Morgan fingerprint density at radius 2 is 2.25 bits per heavy atom. The van der Waals surface area contributed by atoms with Crippen LogP contribution in [0, 0.1) is 6.92 Å². The topological polar surface area (TPSA) is 39.2 Å². The van der Waals surface area contributed by atoms with E-state index >= 15 is 0 Å². The lowest BCUT2D eigenvalue weighted by atomic mass is 10.2. The molecule has 0 saturated carbocycles. The maximum atomic E-state index is 12.6. The van der Waals surface area contributed by atoms with Crippen LogP contribution in [0.2, 0.25) is 0 Å². The summed E-state index contributed by atoms with van der Waals surface area (Å²) in [5.74, 6) is -0.618. The summed E-state index contributed by atoms with van der Waals surface area (Å²) in [6.07, 6.45) is -2.63. The van der Waals surface area contributed by atoms with Gasteiger partial charge < -0.3 is 4.74 Å². The predicted octanol–water partition coefficient (Wildman–Crippen LogP) is 3.27. The van der Waals surface area contributed by atoms with Gasteiger partial charge in [0.25, 0.3) is 6.43 Å². The second kappa shape index (κ2) is 5.34. The Morgan fingerprint density at radius 1 is 1.62 bits per heavy atom. The van der Waals surface area contributed by atoms with Crippen LogP contribution in [-0.2, 0) is 4.74 Å². The first-order valence-electron chi connectivity index (χ1n) is 4.59. The first-order chi connectivity index (χ1) is 7.47. The van der Waals surface area contributed by atoms with Crippen LogP contribution < -0.4 is 0 Å². The van der Waals surface area contributed by atoms with Crippen LogP contribution >= 0.6 is 15.9 Å². The van der Waals surface area contributed by atoms with Crippen molar-refractivity contribution in [3.05, 3.63) is 27.5 Å². The summed E-state index contributed by atoms with van der Waals surface area (Å²) in [7, 11) is 0. The molecule has 6 heteroatoms. The standard InChI is InChI=1S/C10H10BrF2NO2/c1-3-16-10(15)7-4-6(11)8(9(12)13)5(2)14-7/h4,9H,3H2,1-2H3. The van der Waals surface area contributed by atoms with Gasteiger partial charge in [-0.1, -0.05) is 15.9 Å². The Bertz CT molecular complexity index is 387. The number of carbonyl (C=O) groups excluding carboxylic acids is 1. The lowest BCUT2D eigenvalue weighted by Gasteiger charge is -2.09. The monoisotopic (exact) mass is 293 g/mol. The van der Waals surface area contributed by atoms with Crippen LogP contribution in [0.15, 0.2) is 10.5 Å². The van der Waals surface area contributed by atoms with Crippen molar-refractivity contribution < 1.29 is 18.3 Å². The van der Waals surface area contributed by atoms with E-state index in [-0.39, 0.29) is 28.0 Å². The molecule has 0 fully saturated rings. The molecule has 0 aliphatic carbocycles. The largest absolute Gasteiger partial charge is 0.461 e. The number of halogens is 3. The molecule has 0 N–H and O–H groups in total. The van der Waals surface area contributed by atoms with Gasteiger partial charge in [0, 0.05) is 10.2 Å². The van der Waals surface area contributed by atoms with Gasteiger partial charge in [-0.3, -0.25) is 0 Å². The summed E-state index contributed by atoms with van der Waals surface area (Å²) in [4.78, 5) is 15.1. The number of ether oxygens (including phenoxy) is 1. The zero-order valence-electron chi connectivity index (χ0n) is 8.76. The Morgan fingerprint density at radius 3 is 2.69 bits per heavy atom. The van der Waals surface area contributed by atoms with E-state index in [0.29, 0.717) is 0 Å². The summed E-state index contributed by atoms with van der Waals surface area (Å²) >= 11 is 2.99. The summed E-state index contributed by atoms with van der Waals surface area (Å²) in [5, 5.41) is 0. The van der Waals surface area contributed by atoms with E-state index in [0.717, 1.165) is 0 Å². The zero-order chi connectivity index (χ0) is 12.3. The van der Waals surface area contributed by atoms with Gasteiger partial charge in [-0.25, -0.2) is 18.6 Å². The lowest BCUT2D eigenvalue weighted by Crippen LogP contribution is -2.09. The SMILES string of the molecule is CCOC(=O)c1cc(Br)c(C(F)F)c(C)n1. The number of hydrogen-bond acceptors (Lipinski definition) is 3. The molecule has 0 spiro atoms. The molecule has 0 radical (unpaired) electrons. The summed E-state index contributed by atoms with van der Waals surface area (Å²) in [6.45, 7) is 3.30. The highest BCUT2D eigenvalue weighted by Gasteiger charge is 2.19. The van der Waals surface area contributed by atoms with E-state index in [4.69, 9.17) is 4.74 Å². The first kappa shape index (κ1) is 13.0. The van der Waals surface area contributed by atoms with Crippen LogP contribution in [0.25, 0.3) is 0 Å². The normalized spacial score (nSPS) is 10.6. The third kappa shape index (κ3) is 2.75. The van der Waals surface area contributed by atoms with Gasteiger partial charge in [-0.15, -0.1) is 0 Å². The number of aryl methyl sites for hydroxylation is 1. The van der Waals surface area contributed by atoms with Crippen molar-refractivity contribution in [2.45, 2.75) is 20.3 Å². The molecular weight excluding hydrogens is 284 g/mol. The quantitative estimate of drug-likeness (QED) is 0.803. The smallest absolute Gasteiger partial charge is 0.356 e. The Kier molecular flexibility index (Phi) is 4.35. The fourth-order valence-corrected chi connectivity index (χ4v) is 1.89. The number of pyridine rings is 1. The molecule has 0 aromatic carbocycles. The maximum Gasteiger partial charge on any atom is 0.356 e. The summed E-state index contributed by atoms with van der Waals surface area (Å²) in [5.41, 5.74) is -0.0592. The molecule has 0 atom stereocenters. The van der Waals surface area contributed by atoms with E-state index in [1.807, 2.05) is 0 Å². The second-order valence-electron chi connectivity index (χ2n) is 3.01. The van der Waals surface area contributed by atoms with Gasteiger partial charge in [-0.05, 0) is 19.9 Å². The van der Waals surface area contributed by atoms with E-state index in [2.05, 4.69) is 20.9 Å². The number of alkyl halides is 2. The van der Waals surface area contributed by atoms with Crippen LogP contribution in [0.5, 0.6) is 0 Å². The van der Waals surface area contributed by atoms with E-state index in [9.17, 15) is 13.6 Å². The van der Waals surface area contributed by atoms with E-state index < -0.39 is 12.4 Å². The van der Waals surface area contributed by atoms with Crippen LogP contribution in [0.3, 0.4) is 0 Å². The van der Waals surface area contributed by atoms with Gasteiger partial charge in [0.1, 0.15) is 5.69 Å². The Labute approximate surface area is 99.9 Å². The van der Waals surface area contributed by atoms with Crippen molar-refractivity contribution in [3.8, 4) is 0 Å². The molecule has 3 nitrogen and oxygen atoms in total. The number of nitrogens with zero attached hydrogens (tertiary/aromatic N) is 1. The van der Waals surface area contributed by atoms with Crippen LogP contribution in [-0.4, -0.2) is 17.6 Å². The fourth-order valence-electron chi connectivity index (χ4n) is 1.22. The van der Waals surface area contributed by atoms with Gasteiger partial charge in [0.15, 0.2) is 0 Å². The predicted molar refractivity (Wildman–Crippen MR) is 57.6 cm³/mol. The number of esters is 1. The molecule has 0 aliphatic heterocycles. The molecule has 16 heavy (non-hydrogen) atoms. The molecule has 0 aliphatic rings. The van der Waals surface area contributed by atoms with Crippen molar-refractivity contribution in [2.24, 2.45) is 0 Å². The number of rotatable bonds is 3. The van der Waals surface area contributed by atoms with Gasteiger partial charge in [-0.2, -0.15) is 0 Å². The average molecular weight is 294 g/mol.